The molecule has 3 heteroatoms. The summed E-state index contributed by atoms with van der Waals surface area (Å²) in [6.45, 7) is 0. The SMILES string of the molecule is O=[n+]1ccncc2ccccc21. The van der Waals surface area contributed by atoms with Crippen molar-refractivity contribution in [1.29, 1.82) is 0 Å². The molecule has 1 aromatic heterocycles. The molecule has 0 aliphatic carbocycles. The molecule has 58 valence electrons. The number of fused-ring (bicyclic) bond motifs is 1. The Morgan fingerprint density at radius 3 is 3.00 bits per heavy atom. The Hall–Kier alpha value is -1.77. The second-order valence-electron chi connectivity index (χ2n) is 2.46. The topological polar surface area (TPSA) is 35.9 Å². The van der Waals surface area contributed by atoms with E-state index in [4.69, 9.17) is 0 Å². The van der Waals surface area contributed by atoms with Crippen molar-refractivity contribution in [1.82, 2.24) is 4.98 Å². The Morgan fingerprint density at radius 2 is 2.08 bits per heavy atom. The van der Waals surface area contributed by atoms with Crippen LogP contribution >= 0.6 is 0 Å². The fourth-order valence-electron chi connectivity index (χ4n) is 1.10. The van der Waals surface area contributed by atoms with Crippen LogP contribution in [0.15, 0.2) is 42.9 Å². The van der Waals surface area contributed by atoms with Gasteiger partial charge in [0.15, 0.2) is 0 Å². The van der Waals surface area contributed by atoms with E-state index in [-0.39, 0.29) is 0 Å². The van der Waals surface area contributed by atoms with Gasteiger partial charge in [0.1, 0.15) is 0 Å². The van der Waals surface area contributed by atoms with Gasteiger partial charge in [-0.1, -0.05) is 12.1 Å². The molecular formula is C9H7N2O+. The molecule has 2 aromatic rings. The fourth-order valence-corrected chi connectivity index (χ4v) is 1.10. The van der Waals surface area contributed by atoms with Gasteiger partial charge in [0.25, 0.3) is 5.52 Å². The fraction of sp³-hybridized carbons (Fsp3) is 0. The molecule has 2 rings (SSSR count). The second-order valence-corrected chi connectivity index (χ2v) is 2.46. The first-order valence-corrected chi connectivity index (χ1v) is 3.63. The minimum absolute atomic E-state index is 0.634. The predicted octanol–water partition coefficient (Wildman–Crippen LogP) is 1.15. The largest absolute Gasteiger partial charge is 0.271 e. The standard InChI is InChI=1S/C9H7N2O/c12-11-6-5-10-7-8-3-1-2-4-9(8)11/h1-7H/q+1. The van der Waals surface area contributed by atoms with Crippen LogP contribution in [0.25, 0.3) is 10.9 Å². The van der Waals surface area contributed by atoms with Gasteiger partial charge in [-0.3, -0.25) is 4.98 Å². The van der Waals surface area contributed by atoms with Crippen molar-refractivity contribution in [3.63, 3.8) is 0 Å². The van der Waals surface area contributed by atoms with Gasteiger partial charge in [-0.25, -0.2) is 0 Å². The number of rotatable bonds is 0. The molecule has 0 unspecified atom stereocenters. The highest BCUT2D eigenvalue weighted by Gasteiger charge is 2.00. The lowest BCUT2D eigenvalue weighted by Gasteiger charge is -1.79. The van der Waals surface area contributed by atoms with Crippen molar-refractivity contribution in [2.24, 2.45) is 0 Å². The summed E-state index contributed by atoms with van der Waals surface area (Å²) in [6.07, 6.45) is 4.54. The summed E-state index contributed by atoms with van der Waals surface area (Å²) in [6, 6.07) is 7.33. The van der Waals surface area contributed by atoms with Gasteiger partial charge in [-0.2, -0.15) is 0 Å². The normalized spacial score (nSPS) is 10.0. The maximum absolute atomic E-state index is 11.3. The summed E-state index contributed by atoms with van der Waals surface area (Å²) in [4.78, 5) is 15.2. The van der Waals surface area contributed by atoms with Crippen molar-refractivity contribution in [3.05, 3.63) is 47.8 Å². The van der Waals surface area contributed by atoms with Crippen LogP contribution in [-0.2, 0) is 0 Å². The number of nitrogens with zero attached hydrogens (tertiary/aromatic N) is 2. The molecule has 0 N–H and O–H groups in total. The average molecular weight is 159 g/mol. The van der Waals surface area contributed by atoms with Gasteiger partial charge < -0.3 is 0 Å². The maximum atomic E-state index is 11.3. The van der Waals surface area contributed by atoms with Crippen LogP contribution in [0, 0.1) is 4.91 Å². The van der Waals surface area contributed by atoms with E-state index in [1.54, 1.807) is 12.3 Å². The summed E-state index contributed by atoms with van der Waals surface area (Å²) in [7, 11) is 0. The van der Waals surface area contributed by atoms with E-state index in [2.05, 4.69) is 4.98 Å². The van der Waals surface area contributed by atoms with Crippen molar-refractivity contribution in [2.45, 2.75) is 0 Å². The first-order valence-electron chi connectivity index (χ1n) is 3.63. The third kappa shape index (κ3) is 1.05. The van der Waals surface area contributed by atoms with E-state index in [0.29, 0.717) is 5.52 Å². The highest BCUT2D eigenvalue weighted by molar-refractivity contribution is 5.73. The molecule has 0 saturated heterocycles. The molecule has 1 heterocycles. The molecule has 0 atom stereocenters. The first kappa shape index (κ1) is 6.91. The zero-order chi connectivity index (χ0) is 8.39. The summed E-state index contributed by atoms with van der Waals surface area (Å²) in [5, 5.41) is 0.845. The van der Waals surface area contributed by atoms with Crippen LogP contribution < -0.4 is 4.43 Å². The number of hydrogen-bond donors (Lipinski definition) is 0. The van der Waals surface area contributed by atoms with Gasteiger partial charge in [0, 0.05) is 17.2 Å². The van der Waals surface area contributed by atoms with E-state index >= 15 is 0 Å². The Bertz CT molecular complexity index is 468. The molecule has 0 spiro atoms. The summed E-state index contributed by atoms with van der Waals surface area (Å²) >= 11 is 0. The summed E-state index contributed by atoms with van der Waals surface area (Å²) in [5.41, 5.74) is 0.634. The first-order chi connectivity index (χ1) is 5.88. The number of para-hydroxylation sites is 1. The Kier molecular flexibility index (Phi) is 1.55. The predicted molar refractivity (Wildman–Crippen MR) is 45.1 cm³/mol. The van der Waals surface area contributed by atoms with Crippen LogP contribution in [-0.4, -0.2) is 4.98 Å². The zero-order valence-electron chi connectivity index (χ0n) is 6.34. The van der Waals surface area contributed by atoms with Gasteiger partial charge in [-0.15, -0.1) is 0 Å². The number of hydrogen-bond acceptors (Lipinski definition) is 2. The van der Waals surface area contributed by atoms with E-state index < -0.39 is 0 Å². The molecule has 3 nitrogen and oxygen atoms in total. The van der Waals surface area contributed by atoms with Crippen LogP contribution in [0.3, 0.4) is 0 Å². The van der Waals surface area contributed by atoms with E-state index in [1.165, 1.54) is 12.4 Å². The number of benzene rings is 1. The van der Waals surface area contributed by atoms with Crippen LogP contribution in [0.4, 0.5) is 0 Å². The van der Waals surface area contributed by atoms with Crippen LogP contribution in [0.2, 0.25) is 0 Å². The monoisotopic (exact) mass is 159 g/mol. The highest BCUT2D eigenvalue weighted by Crippen LogP contribution is 2.03. The van der Waals surface area contributed by atoms with Crippen molar-refractivity contribution in [2.75, 3.05) is 0 Å². The Labute approximate surface area is 68.9 Å². The molecule has 0 aliphatic heterocycles. The Morgan fingerprint density at radius 1 is 1.25 bits per heavy atom. The van der Waals surface area contributed by atoms with E-state index in [9.17, 15) is 4.91 Å². The molecule has 0 fully saturated rings. The average Bonchev–Trinajstić information content (AvgIpc) is 2.29. The molecular weight excluding hydrogens is 152 g/mol. The quantitative estimate of drug-likeness (QED) is 0.540. The zero-order valence-corrected chi connectivity index (χ0v) is 6.34. The molecule has 1 aromatic carbocycles. The minimum atomic E-state index is 0.634. The lowest BCUT2D eigenvalue weighted by molar-refractivity contribution is -0.463. The van der Waals surface area contributed by atoms with E-state index in [1.807, 2.05) is 18.2 Å². The molecule has 0 amide bonds. The van der Waals surface area contributed by atoms with Crippen LogP contribution in [0.1, 0.15) is 0 Å². The smallest absolute Gasteiger partial charge is 0.257 e. The summed E-state index contributed by atoms with van der Waals surface area (Å²) in [5.74, 6) is 0. The van der Waals surface area contributed by atoms with E-state index in [0.717, 1.165) is 9.81 Å². The Balaban J connectivity index is 3.06. The molecule has 12 heavy (non-hydrogen) atoms. The maximum Gasteiger partial charge on any atom is 0.271 e. The lowest BCUT2D eigenvalue weighted by atomic mass is 10.2. The van der Waals surface area contributed by atoms with Crippen molar-refractivity contribution in [3.8, 4) is 0 Å². The van der Waals surface area contributed by atoms with Gasteiger partial charge in [0.05, 0.1) is 16.0 Å². The molecule has 0 saturated carbocycles. The number of aromatic nitrogens is 2. The van der Waals surface area contributed by atoms with Crippen LogP contribution in [0.5, 0.6) is 0 Å². The molecule has 0 bridgehead atoms. The third-order valence-electron chi connectivity index (χ3n) is 1.68. The second kappa shape index (κ2) is 2.70. The van der Waals surface area contributed by atoms with Gasteiger partial charge in [0.2, 0.25) is 6.20 Å². The van der Waals surface area contributed by atoms with Gasteiger partial charge >= 0.3 is 0 Å². The third-order valence-corrected chi connectivity index (χ3v) is 1.68. The molecule has 0 radical (unpaired) electrons. The van der Waals surface area contributed by atoms with Crippen molar-refractivity contribution < 1.29 is 4.43 Å². The van der Waals surface area contributed by atoms with Gasteiger partial charge in [-0.05, 0) is 6.07 Å². The summed E-state index contributed by atoms with van der Waals surface area (Å²) < 4.78 is 0.808. The molecule has 0 aliphatic rings. The lowest BCUT2D eigenvalue weighted by Crippen LogP contribution is -2.10. The van der Waals surface area contributed by atoms with Crippen molar-refractivity contribution >= 4 is 10.9 Å². The highest BCUT2D eigenvalue weighted by atomic mass is 16.3. The minimum Gasteiger partial charge on any atom is -0.257 e.